The van der Waals surface area contributed by atoms with Crippen LogP contribution in [0.4, 0.5) is 4.79 Å². The van der Waals surface area contributed by atoms with Gasteiger partial charge in [-0.15, -0.1) is 11.3 Å². The molecule has 8 nitrogen and oxygen atoms in total. The van der Waals surface area contributed by atoms with E-state index in [0.717, 1.165) is 27.4 Å². The number of carboxylic acids is 1. The molecule has 2 aromatic rings. The van der Waals surface area contributed by atoms with Crippen LogP contribution in [0.15, 0.2) is 52.7 Å². The predicted octanol–water partition coefficient (Wildman–Crippen LogP) is 4.06. The number of nitrogens with one attached hydrogen (secondary N) is 1. The van der Waals surface area contributed by atoms with Gasteiger partial charge in [0.15, 0.2) is 0 Å². The summed E-state index contributed by atoms with van der Waals surface area (Å²) < 4.78 is 34.1. The van der Waals surface area contributed by atoms with Crippen molar-refractivity contribution in [3.05, 3.63) is 59.0 Å². The molecule has 1 aliphatic heterocycles. The Balaban J connectivity index is 1.46. The zero-order chi connectivity index (χ0) is 24.7. The molecule has 2 aliphatic rings. The van der Waals surface area contributed by atoms with Gasteiger partial charge in [-0.1, -0.05) is 36.4 Å². The normalized spacial score (nSPS) is 22.7. The molecule has 4 rings (SSSR count). The highest BCUT2D eigenvalue weighted by atomic mass is 32.2. The lowest BCUT2D eigenvalue weighted by molar-refractivity contribution is -0.140. The van der Waals surface area contributed by atoms with E-state index in [2.05, 4.69) is 4.72 Å². The first-order valence-electron chi connectivity index (χ1n) is 11.0. The first-order valence-corrected chi connectivity index (χ1v) is 13.3. The molecule has 1 amide bonds. The molecule has 10 heteroatoms. The second-order valence-electron chi connectivity index (χ2n) is 9.57. The first-order chi connectivity index (χ1) is 15.9. The number of hydrogen-bond acceptors (Lipinski definition) is 6. The third kappa shape index (κ3) is 5.03. The average Bonchev–Trinajstić information content (AvgIpc) is 3.26. The molecule has 182 valence electrons. The molecule has 0 spiro atoms. The summed E-state index contributed by atoms with van der Waals surface area (Å²) in [4.78, 5) is 26.7. The Morgan fingerprint density at radius 3 is 2.47 bits per heavy atom. The van der Waals surface area contributed by atoms with Crippen molar-refractivity contribution < 1.29 is 27.9 Å². The van der Waals surface area contributed by atoms with Gasteiger partial charge >= 0.3 is 12.1 Å². The van der Waals surface area contributed by atoms with E-state index < -0.39 is 33.1 Å². The van der Waals surface area contributed by atoms with Crippen LogP contribution in [0.3, 0.4) is 0 Å². The Morgan fingerprint density at radius 1 is 1.18 bits per heavy atom. The Morgan fingerprint density at radius 2 is 1.88 bits per heavy atom. The van der Waals surface area contributed by atoms with Gasteiger partial charge in [0.25, 0.3) is 10.0 Å². The summed E-state index contributed by atoms with van der Waals surface area (Å²) in [7, 11) is -4.03. The minimum atomic E-state index is -4.03. The Hall–Kier alpha value is -2.69. The van der Waals surface area contributed by atoms with Gasteiger partial charge in [-0.25, -0.2) is 13.2 Å². The maximum atomic E-state index is 13.1. The fourth-order valence-electron chi connectivity index (χ4n) is 4.06. The summed E-state index contributed by atoms with van der Waals surface area (Å²) in [6.07, 6.45) is 2.30. The molecule has 1 aromatic carbocycles. The standard InChI is InChI=1S/C24H28N2O6S2/c1-23(2,3)32-22(29)26-13-11-17(12-14-26)19-9-10-20(33-19)34(30,31)25-24(21(27)28)15-18(24)16-7-5-4-6-8-16/h4-11,18,25H,12-15H2,1-3H3,(H,27,28)/t18-,24?/m1/s1. The molecule has 1 aromatic heterocycles. The maximum Gasteiger partial charge on any atom is 0.410 e. The quantitative estimate of drug-likeness (QED) is 0.613. The summed E-state index contributed by atoms with van der Waals surface area (Å²) in [5.41, 5.74) is -0.365. The van der Waals surface area contributed by atoms with Crippen molar-refractivity contribution in [3.8, 4) is 0 Å². The van der Waals surface area contributed by atoms with E-state index in [4.69, 9.17) is 4.74 Å². The van der Waals surface area contributed by atoms with Crippen LogP contribution in [0, 0.1) is 0 Å². The van der Waals surface area contributed by atoms with E-state index in [-0.39, 0.29) is 16.7 Å². The lowest BCUT2D eigenvalue weighted by Gasteiger charge is -2.29. The van der Waals surface area contributed by atoms with Crippen LogP contribution in [0.1, 0.15) is 50.0 Å². The van der Waals surface area contributed by atoms with Crippen molar-refractivity contribution in [2.24, 2.45) is 0 Å². The largest absolute Gasteiger partial charge is 0.480 e. The highest BCUT2D eigenvalue weighted by Crippen LogP contribution is 2.52. The monoisotopic (exact) mass is 504 g/mol. The van der Waals surface area contributed by atoms with Crippen LogP contribution in [0.25, 0.3) is 5.57 Å². The van der Waals surface area contributed by atoms with E-state index >= 15 is 0 Å². The average molecular weight is 505 g/mol. The van der Waals surface area contributed by atoms with Gasteiger partial charge < -0.3 is 14.7 Å². The lowest BCUT2D eigenvalue weighted by atomic mass is 10.1. The van der Waals surface area contributed by atoms with Gasteiger partial charge in [-0.2, -0.15) is 4.72 Å². The smallest absolute Gasteiger partial charge is 0.410 e. The van der Waals surface area contributed by atoms with E-state index in [0.29, 0.717) is 19.5 Å². The van der Waals surface area contributed by atoms with Crippen LogP contribution >= 0.6 is 11.3 Å². The van der Waals surface area contributed by atoms with Crippen molar-refractivity contribution in [3.63, 3.8) is 0 Å². The van der Waals surface area contributed by atoms with Crippen LogP contribution < -0.4 is 4.72 Å². The second kappa shape index (κ2) is 8.83. The number of rotatable bonds is 6. The van der Waals surface area contributed by atoms with Crippen LogP contribution in [-0.2, 0) is 19.6 Å². The van der Waals surface area contributed by atoms with Crippen molar-refractivity contribution >= 4 is 39.0 Å². The Bertz CT molecular complexity index is 1230. The summed E-state index contributed by atoms with van der Waals surface area (Å²) in [6.45, 7) is 6.30. The van der Waals surface area contributed by atoms with Gasteiger partial charge in [0.2, 0.25) is 0 Å². The second-order valence-corrected chi connectivity index (χ2v) is 12.6. The molecular weight excluding hydrogens is 476 g/mol. The highest BCUT2D eigenvalue weighted by Gasteiger charge is 2.63. The van der Waals surface area contributed by atoms with Crippen molar-refractivity contribution in [1.29, 1.82) is 0 Å². The number of carbonyl (C=O) groups excluding carboxylic acids is 1. The molecule has 0 radical (unpaired) electrons. The number of thiophene rings is 1. The molecule has 2 heterocycles. The summed E-state index contributed by atoms with van der Waals surface area (Å²) >= 11 is 1.10. The van der Waals surface area contributed by atoms with Gasteiger partial charge in [0.05, 0.1) is 0 Å². The minimum Gasteiger partial charge on any atom is -0.480 e. The Labute approximate surface area is 203 Å². The molecule has 2 N–H and O–H groups in total. The molecule has 2 atom stereocenters. The third-order valence-corrected chi connectivity index (χ3v) is 9.05. The summed E-state index contributed by atoms with van der Waals surface area (Å²) in [5.74, 6) is -1.60. The maximum absolute atomic E-state index is 13.1. The number of nitrogens with zero attached hydrogens (tertiary/aromatic N) is 1. The molecule has 0 bridgehead atoms. The highest BCUT2D eigenvalue weighted by molar-refractivity contribution is 7.91. The Kier molecular flexibility index (Phi) is 6.34. The third-order valence-electron chi connectivity index (χ3n) is 5.88. The van der Waals surface area contributed by atoms with Crippen LogP contribution in [0.2, 0.25) is 0 Å². The van der Waals surface area contributed by atoms with Crippen molar-refractivity contribution in [2.75, 3.05) is 13.1 Å². The number of aliphatic carboxylic acids is 1. The fourth-order valence-corrected chi connectivity index (χ4v) is 6.83. The molecule has 1 unspecified atom stereocenters. The SMILES string of the molecule is CC(C)(C)OC(=O)N1CC=C(c2ccc(S(=O)(=O)NC3(C(=O)O)C[C@@H]3c3ccccc3)s2)CC1. The number of benzene rings is 1. The summed E-state index contributed by atoms with van der Waals surface area (Å²) in [6, 6.07) is 12.3. The molecule has 34 heavy (non-hydrogen) atoms. The van der Waals surface area contributed by atoms with E-state index in [9.17, 15) is 23.1 Å². The lowest BCUT2D eigenvalue weighted by Crippen LogP contribution is -2.44. The topological polar surface area (TPSA) is 113 Å². The predicted molar refractivity (Wildman–Crippen MR) is 129 cm³/mol. The van der Waals surface area contributed by atoms with Gasteiger partial charge in [-0.05, 0) is 56.9 Å². The number of ether oxygens (including phenoxy) is 1. The first kappa shape index (κ1) is 24.4. The molecule has 0 saturated heterocycles. The zero-order valence-electron chi connectivity index (χ0n) is 19.3. The zero-order valence-corrected chi connectivity index (χ0v) is 20.9. The summed E-state index contributed by atoms with van der Waals surface area (Å²) in [5, 5.41) is 9.82. The fraction of sp³-hybridized carbons (Fsp3) is 0.417. The minimum absolute atomic E-state index is 0.0670. The molecular formula is C24H28N2O6S2. The molecule has 1 aliphatic carbocycles. The van der Waals surface area contributed by atoms with Crippen LogP contribution in [0.5, 0.6) is 0 Å². The van der Waals surface area contributed by atoms with Gasteiger partial charge in [0.1, 0.15) is 15.3 Å². The molecule has 1 fully saturated rings. The number of sulfonamides is 1. The van der Waals surface area contributed by atoms with E-state index in [1.54, 1.807) is 11.0 Å². The number of hydrogen-bond donors (Lipinski definition) is 2. The molecule has 1 saturated carbocycles. The van der Waals surface area contributed by atoms with Crippen LogP contribution in [-0.4, -0.2) is 54.7 Å². The van der Waals surface area contributed by atoms with E-state index in [1.807, 2.05) is 57.2 Å². The van der Waals surface area contributed by atoms with E-state index in [1.165, 1.54) is 6.07 Å². The van der Waals surface area contributed by atoms with Gasteiger partial charge in [-0.3, -0.25) is 4.79 Å². The number of amides is 1. The van der Waals surface area contributed by atoms with Gasteiger partial charge in [0, 0.05) is 23.9 Å². The number of carbonyl (C=O) groups is 2. The van der Waals surface area contributed by atoms with Crippen molar-refractivity contribution in [1.82, 2.24) is 9.62 Å². The number of carboxylic acid groups (broad SMARTS) is 1. The van der Waals surface area contributed by atoms with Crippen molar-refractivity contribution in [2.45, 2.75) is 54.9 Å².